The Morgan fingerprint density at radius 2 is 1.55 bits per heavy atom. The van der Waals surface area contributed by atoms with Crippen molar-refractivity contribution in [1.29, 1.82) is 0 Å². The zero-order valence-corrected chi connectivity index (χ0v) is 12.0. The van der Waals surface area contributed by atoms with Crippen LogP contribution in [0.5, 0.6) is 0 Å². The lowest BCUT2D eigenvalue weighted by molar-refractivity contribution is 0.590. The van der Waals surface area contributed by atoms with Crippen LogP contribution in [0, 0.1) is 11.6 Å². The molecule has 0 amide bonds. The number of para-hydroxylation sites is 1. The number of aromatic nitrogens is 2. The van der Waals surface area contributed by atoms with E-state index in [2.05, 4.69) is 15.3 Å². The zero-order chi connectivity index (χ0) is 15.5. The van der Waals surface area contributed by atoms with Gasteiger partial charge in [-0.15, -0.1) is 0 Å². The van der Waals surface area contributed by atoms with Gasteiger partial charge in [0.1, 0.15) is 28.3 Å². The average molecular weight is 318 g/mol. The molecule has 0 fully saturated rings. The molecule has 0 unspecified atom stereocenters. The molecule has 2 aromatic carbocycles. The van der Waals surface area contributed by atoms with Crippen LogP contribution in [0.1, 0.15) is 0 Å². The van der Waals surface area contributed by atoms with Crippen molar-refractivity contribution in [1.82, 2.24) is 9.97 Å². The molecule has 0 aliphatic heterocycles. The number of rotatable bonds is 3. The Labute approximate surface area is 130 Å². The van der Waals surface area contributed by atoms with Crippen LogP contribution in [0.2, 0.25) is 5.15 Å². The van der Waals surface area contributed by atoms with Gasteiger partial charge in [-0.25, -0.2) is 18.7 Å². The second kappa shape index (κ2) is 6.07. The van der Waals surface area contributed by atoms with E-state index in [0.29, 0.717) is 5.82 Å². The summed E-state index contributed by atoms with van der Waals surface area (Å²) in [6.45, 7) is 0. The van der Waals surface area contributed by atoms with Crippen molar-refractivity contribution in [3.63, 3.8) is 0 Å². The minimum atomic E-state index is -0.712. The molecule has 0 saturated heterocycles. The second-order valence-electron chi connectivity index (χ2n) is 4.49. The lowest BCUT2D eigenvalue weighted by Gasteiger charge is -2.09. The maximum absolute atomic E-state index is 13.7. The smallest absolute Gasteiger partial charge is 0.163 e. The molecule has 0 bridgehead atoms. The molecule has 0 radical (unpaired) electrons. The Bertz CT molecular complexity index is 789. The Morgan fingerprint density at radius 3 is 2.23 bits per heavy atom. The van der Waals surface area contributed by atoms with Crippen molar-refractivity contribution >= 4 is 23.1 Å². The first kappa shape index (κ1) is 14.4. The van der Waals surface area contributed by atoms with Crippen molar-refractivity contribution in [2.24, 2.45) is 0 Å². The molecule has 6 heteroatoms. The van der Waals surface area contributed by atoms with E-state index in [9.17, 15) is 8.78 Å². The third-order valence-electron chi connectivity index (χ3n) is 2.94. The van der Waals surface area contributed by atoms with Gasteiger partial charge in [0.25, 0.3) is 0 Å². The molecule has 0 spiro atoms. The molecule has 1 heterocycles. The molecule has 22 heavy (non-hydrogen) atoms. The number of halogens is 3. The van der Waals surface area contributed by atoms with Crippen LogP contribution in [0.4, 0.5) is 20.3 Å². The van der Waals surface area contributed by atoms with Crippen LogP contribution in [-0.4, -0.2) is 9.97 Å². The fourth-order valence-corrected chi connectivity index (χ4v) is 2.13. The van der Waals surface area contributed by atoms with Gasteiger partial charge in [-0.1, -0.05) is 48.0 Å². The topological polar surface area (TPSA) is 37.8 Å². The van der Waals surface area contributed by atoms with E-state index in [0.717, 1.165) is 17.7 Å². The van der Waals surface area contributed by atoms with Crippen molar-refractivity contribution in [3.8, 4) is 11.4 Å². The van der Waals surface area contributed by atoms with Crippen molar-refractivity contribution in [3.05, 3.63) is 71.4 Å². The average Bonchev–Trinajstić information content (AvgIpc) is 2.51. The molecule has 0 aliphatic rings. The quantitative estimate of drug-likeness (QED) is 0.704. The summed E-state index contributed by atoms with van der Waals surface area (Å²) < 4.78 is 27.4. The molecular weight excluding hydrogens is 308 g/mol. The van der Waals surface area contributed by atoms with E-state index in [1.54, 1.807) is 0 Å². The van der Waals surface area contributed by atoms with Gasteiger partial charge in [-0.2, -0.15) is 0 Å². The highest BCUT2D eigenvalue weighted by Gasteiger charge is 2.11. The Hall–Kier alpha value is -2.53. The summed E-state index contributed by atoms with van der Waals surface area (Å²) in [6.07, 6.45) is 0. The number of anilines is 2. The van der Waals surface area contributed by atoms with Crippen molar-refractivity contribution in [2.45, 2.75) is 0 Å². The van der Waals surface area contributed by atoms with Gasteiger partial charge in [0, 0.05) is 11.6 Å². The minimum absolute atomic E-state index is 0.174. The van der Waals surface area contributed by atoms with Crippen LogP contribution < -0.4 is 5.32 Å². The third-order valence-corrected chi connectivity index (χ3v) is 3.14. The summed E-state index contributed by atoms with van der Waals surface area (Å²) >= 11 is 5.97. The summed E-state index contributed by atoms with van der Waals surface area (Å²) in [4.78, 5) is 8.36. The molecule has 110 valence electrons. The van der Waals surface area contributed by atoms with Gasteiger partial charge in [0.05, 0.1) is 0 Å². The van der Waals surface area contributed by atoms with Crippen LogP contribution in [0.15, 0.2) is 54.6 Å². The molecule has 1 aromatic heterocycles. The van der Waals surface area contributed by atoms with E-state index in [1.807, 2.05) is 30.3 Å². The number of nitrogens with zero attached hydrogens (tertiary/aromatic N) is 2. The SMILES string of the molecule is Fc1cccc(F)c1Nc1cc(Cl)nc(-c2ccccc2)n1. The molecule has 0 atom stereocenters. The summed E-state index contributed by atoms with van der Waals surface area (Å²) in [5.74, 6) is -0.845. The molecule has 0 saturated carbocycles. The number of hydrogen-bond acceptors (Lipinski definition) is 3. The summed E-state index contributed by atoms with van der Waals surface area (Å²) in [6, 6.07) is 14.2. The second-order valence-corrected chi connectivity index (χ2v) is 4.87. The van der Waals surface area contributed by atoms with E-state index in [1.165, 1.54) is 12.1 Å². The van der Waals surface area contributed by atoms with Gasteiger partial charge in [-0.05, 0) is 12.1 Å². The molecule has 3 aromatic rings. The lowest BCUT2D eigenvalue weighted by Crippen LogP contribution is -2.01. The fraction of sp³-hybridized carbons (Fsp3) is 0. The monoisotopic (exact) mass is 317 g/mol. The standard InChI is InChI=1S/C16H10ClF2N3/c17-13-9-14(21-15-11(18)7-4-8-12(15)19)22-16(20-13)10-5-2-1-3-6-10/h1-9H,(H,20,21,22). The van der Waals surface area contributed by atoms with Crippen LogP contribution >= 0.6 is 11.6 Å². The first-order chi connectivity index (χ1) is 10.6. The van der Waals surface area contributed by atoms with Gasteiger partial charge in [0.15, 0.2) is 5.82 Å². The molecule has 3 rings (SSSR count). The Balaban J connectivity index is 2.00. The predicted molar refractivity (Wildman–Crippen MR) is 82.1 cm³/mol. The normalized spacial score (nSPS) is 10.5. The number of nitrogens with one attached hydrogen (secondary N) is 1. The lowest BCUT2D eigenvalue weighted by atomic mass is 10.2. The highest BCUT2D eigenvalue weighted by atomic mass is 35.5. The highest BCUT2D eigenvalue weighted by Crippen LogP contribution is 2.25. The highest BCUT2D eigenvalue weighted by molar-refractivity contribution is 6.29. The maximum Gasteiger partial charge on any atom is 0.163 e. The largest absolute Gasteiger partial charge is 0.335 e. The first-order valence-corrected chi connectivity index (χ1v) is 6.82. The zero-order valence-electron chi connectivity index (χ0n) is 11.2. The molecular formula is C16H10ClF2N3. The van der Waals surface area contributed by atoms with Gasteiger partial charge < -0.3 is 5.32 Å². The Morgan fingerprint density at radius 1 is 0.864 bits per heavy atom. The van der Waals surface area contributed by atoms with E-state index in [-0.39, 0.29) is 16.7 Å². The Kier molecular flexibility index (Phi) is 3.98. The minimum Gasteiger partial charge on any atom is -0.335 e. The van der Waals surface area contributed by atoms with Gasteiger partial charge in [-0.3, -0.25) is 0 Å². The maximum atomic E-state index is 13.7. The summed E-state index contributed by atoms with van der Waals surface area (Å²) in [7, 11) is 0. The van der Waals surface area contributed by atoms with Crippen molar-refractivity contribution < 1.29 is 8.78 Å². The van der Waals surface area contributed by atoms with E-state index < -0.39 is 11.6 Å². The third kappa shape index (κ3) is 3.04. The van der Waals surface area contributed by atoms with Gasteiger partial charge >= 0.3 is 0 Å². The van der Waals surface area contributed by atoms with Crippen LogP contribution in [0.3, 0.4) is 0 Å². The number of hydrogen-bond donors (Lipinski definition) is 1. The fourth-order valence-electron chi connectivity index (χ4n) is 1.94. The summed E-state index contributed by atoms with van der Waals surface area (Å²) in [5, 5.41) is 2.78. The van der Waals surface area contributed by atoms with E-state index >= 15 is 0 Å². The molecule has 0 aliphatic carbocycles. The summed E-state index contributed by atoms with van der Waals surface area (Å²) in [5.41, 5.74) is 0.471. The number of benzene rings is 2. The van der Waals surface area contributed by atoms with Crippen molar-refractivity contribution in [2.75, 3.05) is 5.32 Å². The van der Waals surface area contributed by atoms with Crippen LogP contribution in [-0.2, 0) is 0 Å². The molecule has 1 N–H and O–H groups in total. The van der Waals surface area contributed by atoms with E-state index in [4.69, 9.17) is 11.6 Å². The van der Waals surface area contributed by atoms with Crippen LogP contribution in [0.25, 0.3) is 11.4 Å². The predicted octanol–water partition coefficient (Wildman–Crippen LogP) is 4.82. The van der Waals surface area contributed by atoms with Gasteiger partial charge in [0.2, 0.25) is 0 Å². The first-order valence-electron chi connectivity index (χ1n) is 6.44. The molecule has 3 nitrogen and oxygen atoms in total.